The van der Waals surface area contributed by atoms with Crippen molar-refractivity contribution in [2.24, 2.45) is 0 Å². The third-order valence-corrected chi connectivity index (χ3v) is 2.99. The molecule has 1 aromatic rings. The van der Waals surface area contributed by atoms with Crippen molar-refractivity contribution in [1.82, 2.24) is 0 Å². The van der Waals surface area contributed by atoms with Crippen LogP contribution in [0.3, 0.4) is 0 Å². The maximum absolute atomic E-state index is 11.0. The lowest BCUT2D eigenvalue weighted by Gasteiger charge is -2.11. The molecule has 0 aromatic heterocycles. The van der Waals surface area contributed by atoms with Gasteiger partial charge in [-0.3, -0.25) is 4.79 Å². The number of hydrogen-bond acceptors (Lipinski definition) is 1. The second-order valence-corrected chi connectivity index (χ2v) is 4.57. The molecule has 2 nitrogen and oxygen atoms in total. The van der Waals surface area contributed by atoms with Gasteiger partial charge in [0, 0.05) is 10.4 Å². The van der Waals surface area contributed by atoms with E-state index in [4.69, 9.17) is 16.7 Å². The monoisotopic (exact) mass is 320 g/mol. The molecule has 0 heterocycles. The molecule has 0 saturated carbocycles. The first kappa shape index (κ1) is 16.5. The highest BCUT2D eigenvalue weighted by Crippen LogP contribution is 2.23. The Morgan fingerprint density at radius 2 is 1.88 bits per heavy atom. The highest BCUT2D eigenvalue weighted by atomic mass is 79.9. The second-order valence-electron chi connectivity index (χ2n) is 3.27. The van der Waals surface area contributed by atoms with Gasteiger partial charge in [0.1, 0.15) is 0 Å². The minimum Gasteiger partial charge on any atom is -0.481 e. The summed E-state index contributed by atoms with van der Waals surface area (Å²) in [7, 11) is 0. The van der Waals surface area contributed by atoms with E-state index < -0.39 is 11.9 Å². The van der Waals surface area contributed by atoms with E-state index in [0.29, 0.717) is 18.7 Å². The van der Waals surface area contributed by atoms with Crippen molar-refractivity contribution >= 4 is 33.5 Å². The van der Waals surface area contributed by atoms with Gasteiger partial charge in [-0.15, -0.1) is 11.6 Å². The van der Waals surface area contributed by atoms with E-state index in [-0.39, 0.29) is 0 Å². The summed E-state index contributed by atoms with van der Waals surface area (Å²) in [6.07, 6.45) is 1.30. The Kier molecular flexibility index (Phi) is 9.18. The predicted octanol–water partition coefficient (Wildman–Crippen LogP) is 4.66. The van der Waals surface area contributed by atoms with Gasteiger partial charge in [-0.1, -0.05) is 41.9 Å². The molecule has 0 bridgehead atoms. The zero-order valence-corrected chi connectivity index (χ0v) is 12.5. The number of rotatable bonds is 5. The molecule has 0 saturated heterocycles. The molecule has 0 aliphatic rings. The number of benzene rings is 1. The van der Waals surface area contributed by atoms with Crippen LogP contribution in [0.4, 0.5) is 0 Å². The number of carboxylic acid groups (broad SMARTS) is 1. The minimum atomic E-state index is -0.789. The smallest absolute Gasteiger partial charge is 0.310 e. The zero-order valence-electron chi connectivity index (χ0n) is 10.1. The molecule has 1 rings (SSSR count). The first-order chi connectivity index (χ1) is 8.15. The summed E-state index contributed by atoms with van der Waals surface area (Å²) in [4.78, 5) is 11.0. The summed E-state index contributed by atoms with van der Waals surface area (Å²) in [5.74, 6) is -0.736. The Morgan fingerprint density at radius 3 is 2.29 bits per heavy atom. The van der Waals surface area contributed by atoms with Gasteiger partial charge in [-0.25, -0.2) is 0 Å². The van der Waals surface area contributed by atoms with Gasteiger partial charge in [-0.2, -0.15) is 0 Å². The van der Waals surface area contributed by atoms with Crippen LogP contribution < -0.4 is 0 Å². The van der Waals surface area contributed by atoms with E-state index >= 15 is 0 Å². The zero-order chi connectivity index (χ0) is 13.3. The molecule has 4 heteroatoms. The Labute approximate surface area is 116 Å². The van der Waals surface area contributed by atoms with Gasteiger partial charge in [0.25, 0.3) is 0 Å². The molecular formula is C13H18BrClO2. The Hall–Kier alpha value is -0.540. The molecule has 0 fully saturated rings. The normalized spacial score (nSPS) is 11.3. The lowest BCUT2D eigenvalue weighted by Crippen LogP contribution is -2.11. The van der Waals surface area contributed by atoms with Crippen LogP contribution in [0.5, 0.6) is 0 Å². The van der Waals surface area contributed by atoms with E-state index in [2.05, 4.69) is 15.9 Å². The molecule has 1 N–H and O–H groups in total. The molecule has 1 unspecified atom stereocenters. The number of hydrogen-bond donors (Lipinski definition) is 1. The van der Waals surface area contributed by atoms with Gasteiger partial charge in [0.15, 0.2) is 0 Å². The maximum Gasteiger partial charge on any atom is 0.310 e. The van der Waals surface area contributed by atoms with Crippen LogP contribution in [0.2, 0.25) is 0 Å². The van der Waals surface area contributed by atoms with E-state index in [1.165, 1.54) is 0 Å². The van der Waals surface area contributed by atoms with Crippen LogP contribution in [0, 0.1) is 0 Å². The standard InChI is InChI=1S/C11H12BrClO2.C2H6/c12-9-5-3-8(4-6-9)10(11(14)15)2-1-7-13;1-2/h3-6,10H,1-2,7H2,(H,14,15);1-2H3. The average Bonchev–Trinajstić information content (AvgIpc) is 2.34. The van der Waals surface area contributed by atoms with E-state index in [1.807, 2.05) is 38.1 Å². The van der Waals surface area contributed by atoms with Crippen LogP contribution in [-0.4, -0.2) is 17.0 Å². The predicted molar refractivity (Wildman–Crippen MR) is 75.8 cm³/mol. The summed E-state index contributed by atoms with van der Waals surface area (Å²) in [6, 6.07) is 7.37. The summed E-state index contributed by atoms with van der Waals surface area (Å²) in [5.41, 5.74) is 0.829. The average molecular weight is 322 g/mol. The van der Waals surface area contributed by atoms with Crippen molar-refractivity contribution in [3.8, 4) is 0 Å². The third-order valence-electron chi connectivity index (χ3n) is 2.20. The Bertz CT molecular complexity index is 325. The molecule has 0 radical (unpaired) electrons. The summed E-state index contributed by atoms with van der Waals surface area (Å²) < 4.78 is 0.952. The maximum atomic E-state index is 11.0. The Morgan fingerprint density at radius 1 is 1.35 bits per heavy atom. The molecule has 0 amide bonds. The quantitative estimate of drug-likeness (QED) is 0.801. The van der Waals surface area contributed by atoms with E-state index in [0.717, 1.165) is 10.0 Å². The summed E-state index contributed by atoms with van der Waals surface area (Å²) in [6.45, 7) is 4.00. The van der Waals surface area contributed by atoms with Crippen molar-refractivity contribution < 1.29 is 9.90 Å². The number of halogens is 2. The molecule has 96 valence electrons. The van der Waals surface area contributed by atoms with Crippen LogP contribution >= 0.6 is 27.5 Å². The summed E-state index contributed by atoms with van der Waals surface area (Å²) >= 11 is 8.88. The van der Waals surface area contributed by atoms with Gasteiger partial charge < -0.3 is 5.11 Å². The second kappa shape index (κ2) is 9.49. The molecule has 0 spiro atoms. The summed E-state index contributed by atoms with van der Waals surface area (Å²) in [5, 5.41) is 9.07. The SMILES string of the molecule is CC.O=C(O)C(CCCCl)c1ccc(Br)cc1. The first-order valence-corrected chi connectivity index (χ1v) is 7.02. The van der Waals surface area contributed by atoms with Crippen LogP contribution in [0.1, 0.15) is 38.2 Å². The molecule has 0 aliphatic carbocycles. The lowest BCUT2D eigenvalue weighted by molar-refractivity contribution is -0.139. The van der Waals surface area contributed by atoms with Crippen molar-refractivity contribution in [1.29, 1.82) is 0 Å². The highest BCUT2D eigenvalue weighted by molar-refractivity contribution is 9.10. The van der Waals surface area contributed by atoms with Crippen molar-refractivity contribution in [2.45, 2.75) is 32.6 Å². The molecule has 17 heavy (non-hydrogen) atoms. The highest BCUT2D eigenvalue weighted by Gasteiger charge is 2.18. The number of alkyl halides is 1. The topological polar surface area (TPSA) is 37.3 Å². The van der Waals surface area contributed by atoms with Crippen LogP contribution in [0.15, 0.2) is 28.7 Å². The molecule has 1 atom stereocenters. The number of aliphatic carboxylic acids is 1. The minimum absolute atomic E-state index is 0.447. The van der Waals surface area contributed by atoms with E-state index in [9.17, 15) is 4.79 Å². The largest absolute Gasteiger partial charge is 0.481 e. The molecule has 1 aromatic carbocycles. The Balaban J connectivity index is 0.00000121. The fraction of sp³-hybridized carbons (Fsp3) is 0.462. The fourth-order valence-electron chi connectivity index (χ4n) is 1.41. The van der Waals surface area contributed by atoms with Gasteiger partial charge in [0.05, 0.1) is 5.92 Å². The fourth-order valence-corrected chi connectivity index (χ4v) is 1.83. The van der Waals surface area contributed by atoms with Crippen molar-refractivity contribution in [3.63, 3.8) is 0 Å². The molecule has 0 aliphatic heterocycles. The van der Waals surface area contributed by atoms with Crippen molar-refractivity contribution in [3.05, 3.63) is 34.3 Å². The van der Waals surface area contributed by atoms with Gasteiger partial charge >= 0.3 is 5.97 Å². The number of carbonyl (C=O) groups is 1. The van der Waals surface area contributed by atoms with Crippen LogP contribution in [-0.2, 0) is 4.79 Å². The van der Waals surface area contributed by atoms with E-state index in [1.54, 1.807) is 0 Å². The first-order valence-electron chi connectivity index (χ1n) is 5.69. The van der Waals surface area contributed by atoms with Crippen molar-refractivity contribution in [2.75, 3.05) is 5.88 Å². The molecular weight excluding hydrogens is 303 g/mol. The number of carboxylic acids is 1. The van der Waals surface area contributed by atoms with Gasteiger partial charge in [0.2, 0.25) is 0 Å². The third kappa shape index (κ3) is 6.08. The lowest BCUT2D eigenvalue weighted by atomic mass is 9.95. The van der Waals surface area contributed by atoms with Gasteiger partial charge in [-0.05, 0) is 30.5 Å². The van der Waals surface area contributed by atoms with Crippen LogP contribution in [0.25, 0.3) is 0 Å².